The van der Waals surface area contributed by atoms with Gasteiger partial charge < -0.3 is 14.3 Å². The van der Waals surface area contributed by atoms with E-state index in [2.05, 4.69) is 6.92 Å². The summed E-state index contributed by atoms with van der Waals surface area (Å²) < 4.78 is 11.8. The average molecular weight is 407 g/mol. The lowest BCUT2D eigenvalue weighted by molar-refractivity contribution is -0.138. The predicted octanol–water partition coefficient (Wildman–Crippen LogP) is 6.46. The summed E-state index contributed by atoms with van der Waals surface area (Å²) in [5.41, 5.74) is 3.12. The summed E-state index contributed by atoms with van der Waals surface area (Å²) in [5, 5.41) is 11.2. The number of benzene rings is 2. The molecule has 1 atom stereocenters. The molecule has 0 saturated carbocycles. The summed E-state index contributed by atoms with van der Waals surface area (Å²) in [6, 6.07) is 9.01. The van der Waals surface area contributed by atoms with Crippen LogP contribution in [0, 0.1) is 0 Å². The molecule has 142 valence electrons. The third-order valence-electron chi connectivity index (χ3n) is 4.57. The minimum absolute atomic E-state index is 0.303. The smallest absolute Gasteiger partial charge is 0.310 e. The highest BCUT2D eigenvalue weighted by Crippen LogP contribution is 2.36. The fourth-order valence-corrected chi connectivity index (χ4v) is 3.51. The van der Waals surface area contributed by atoms with Gasteiger partial charge in [0.05, 0.1) is 12.2 Å². The zero-order valence-corrected chi connectivity index (χ0v) is 16.6. The van der Waals surface area contributed by atoms with E-state index >= 15 is 0 Å². The second-order valence-electron chi connectivity index (χ2n) is 6.44. The first kappa shape index (κ1) is 19.6. The molecule has 0 radical (unpaired) electrons. The molecular formula is C21H20Cl2O4. The number of hydrogen-bond acceptors (Lipinski definition) is 3. The van der Waals surface area contributed by atoms with E-state index in [9.17, 15) is 9.90 Å². The number of aliphatic carboxylic acids is 1. The maximum Gasteiger partial charge on any atom is 0.310 e. The molecule has 1 heterocycles. The first-order valence-electron chi connectivity index (χ1n) is 8.74. The summed E-state index contributed by atoms with van der Waals surface area (Å²) in [7, 11) is 0. The zero-order valence-electron chi connectivity index (χ0n) is 15.1. The first-order chi connectivity index (χ1) is 12.9. The van der Waals surface area contributed by atoms with Crippen molar-refractivity contribution >= 4 is 40.1 Å². The number of carboxylic acid groups (broad SMARTS) is 1. The normalized spacial score (nSPS) is 12.3. The van der Waals surface area contributed by atoms with Gasteiger partial charge in [-0.15, -0.1) is 0 Å². The van der Waals surface area contributed by atoms with Crippen molar-refractivity contribution in [3.05, 3.63) is 63.3 Å². The molecule has 4 nitrogen and oxygen atoms in total. The van der Waals surface area contributed by atoms with Crippen LogP contribution in [-0.4, -0.2) is 11.1 Å². The van der Waals surface area contributed by atoms with E-state index in [4.69, 9.17) is 32.4 Å². The van der Waals surface area contributed by atoms with Gasteiger partial charge in [-0.1, -0.05) is 42.6 Å². The van der Waals surface area contributed by atoms with Crippen molar-refractivity contribution in [2.24, 2.45) is 0 Å². The number of ether oxygens (including phenoxy) is 1. The number of furan rings is 1. The Labute approximate surface area is 167 Å². The lowest BCUT2D eigenvalue weighted by Gasteiger charge is -2.13. The van der Waals surface area contributed by atoms with Crippen LogP contribution in [0.25, 0.3) is 11.0 Å². The second kappa shape index (κ2) is 8.24. The average Bonchev–Trinajstić information content (AvgIpc) is 3.06. The monoisotopic (exact) mass is 406 g/mol. The molecule has 0 aliphatic heterocycles. The Bertz CT molecular complexity index is 978. The quantitative estimate of drug-likeness (QED) is 0.488. The highest BCUT2D eigenvalue weighted by molar-refractivity contribution is 6.35. The van der Waals surface area contributed by atoms with Gasteiger partial charge in [-0.3, -0.25) is 4.79 Å². The van der Waals surface area contributed by atoms with Crippen LogP contribution in [0.1, 0.15) is 42.9 Å². The molecule has 3 rings (SSSR count). The van der Waals surface area contributed by atoms with Crippen LogP contribution in [0.2, 0.25) is 10.0 Å². The fourth-order valence-electron chi connectivity index (χ4n) is 3.04. The van der Waals surface area contributed by atoms with E-state index in [-0.39, 0.29) is 0 Å². The van der Waals surface area contributed by atoms with Gasteiger partial charge in [0.25, 0.3) is 0 Å². The molecule has 0 bridgehead atoms. The van der Waals surface area contributed by atoms with Gasteiger partial charge in [0, 0.05) is 32.1 Å². The standard InChI is InChI=1S/C21H20Cl2O4/c1-3-4-16-19(26-10-13-5-6-14(22)9-18(13)23)8-7-15-17(11-27-20(15)16)12(2)21(24)25/h5-9,11-12H,3-4,10H2,1-2H3,(H,24,25). The van der Waals surface area contributed by atoms with Crippen molar-refractivity contribution in [2.45, 2.75) is 39.2 Å². The lowest BCUT2D eigenvalue weighted by Crippen LogP contribution is -2.06. The van der Waals surface area contributed by atoms with Gasteiger partial charge in [0.15, 0.2) is 0 Å². The van der Waals surface area contributed by atoms with Crippen LogP contribution in [-0.2, 0) is 17.8 Å². The van der Waals surface area contributed by atoms with Gasteiger partial charge >= 0.3 is 5.97 Å². The Morgan fingerprint density at radius 1 is 1.26 bits per heavy atom. The van der Waals surface area contributed by atoms with Crippen LogP contribution in [0.5, 0.6) is 5.75 Å². The van der Waals surface area contributed by atoms with Crippen molar-refractivity contribution in [3.63, 3.8) is 0 Å². The third kappa shape index (κ3) is 4.07. The van der Waals surface area contributed by atoms with Crippen LogP contribution in [0.3, 0.4) is 0 Å². The Balaban J connectivity index is 1.95. The number of rotatable bonds is 7. The number of hydrogen-bond donors (Lipinski definition) is 1. The topological polar surface area (TPSA) is 59.7 Å². The zero-order chi connectivity index (χ0) is 19.6. The highest BCUT2D eigenvalue weighted by Gasteiger charge is 2.22. The number of carbonyl (C=O) groups is 1. The lowest BCUT2D eigenvalue weighted by atomic mass is 9.98. The molecule has 3 aromatic rings. The number of carboxylic acids is 1. The molecule has 0 spiro atoms. The van der Waals surface area contributed by atoms with Crippen molar-refractivity contribution in [1.29, 1.82) is 0 Å². The van der Waals surface area contributed by atoms with Crippen molar-refractivity contribution in [2.75, 3.05) is 0 Å². The Morgan fingerprint density at radius 2 is 2.04 bits per heavy atom. The molecule has 0 fully saturated rings. The first-order valence-corrected chi connectivity index (χ1v) is 9.50. The van der Waals surface area contributed by atoms with E-state index in [0.29, 0.717) is 33.5 Å². The molecule has 0 aliphatic carbocycles. The predicted molar refractivity (Wildman–Crippen MR) is 107 cm³/mol. The van der Waals surface area contributed by atoms with Gasteiger partial charge in [-0.25, -0.2) is 0 Å². The third-order valence-corrected chi connectivity index (χ3v) is 5.15. The molecule has 1 aromatic heterocycles. The summed E-state index contributed by atoms with van der Waals surface area (Å²) in [6.07, 6.45) is 3.19. The molecule has 0 saturated heterocycles. The molecular weight excluding hydrogens is 387 g/mol. The largest absolute Gasteiger partial charge is 0.488 e. The van der Waals surface area contributed by atoms with Crippen LogP contribution >= 0.6 is 23.2 Å². The maximum absolute atomic E-state index is 11.3. The number of halogens is 2. The van der Waals surface area contributed by atoms with E-state index in [0.717, 1.165) is 29.4 Å². The van der Waals surface area contributed by atoms with Crippen molar-refractivity contribution in [3.8, 4) is 5.75 Å². The van der Waals surface area contributed by atoms with Crippen molar-refractivity contribution in [1.82, 2.24) is 0 Å². The summed E-state index contributed by atoms with van der Waals surface area (Å²) in [4.78, 5) is 11.3. The van der Waals surface area contributed by atoms with Gasteiger partial charge in [-0.05, 0) is 37.6 Å². The minimum atomic E-state index is -0.882. The Kier molecular flexibility index (Phi) is 5.98. The summed E-state index contributed by atoms with van der Waals surface area (Å²) in [6.45, 7) is 4.03. The van der Waals surface area contributed by atoms with Gasteiger partial charge in [0.2, 0.25) is 0 Å². The van der Waals surface area contributed by atoms with Crippen LogP contribution < -0.4 is 4.74 Å². The molecule has 2 aromatic carbocycles. The minimum Gasteiger partial charge on any atom is -0.488 e. The molecule has 1 unspecified atom stereocenters. The van der Waals surface area contributed by atoms with E-state index in [1.54, 1.807) is 19.1 Å². The Hall–Kier alpha value is -2.17. The summed E-state index contributed by atoms with van der Waals surface area (Å²) >= 11 is 12.2. The van der Waals surface area contributed by atoms with E-state index in [1.807, 2.05) is 18.2 Å². The maximum atomic E-state index is 11.3. The Morgan fingerprint density at radius 3 is 2.70 bits per heavy atom. The highest BCUT2D eigenvalue weighted by atomic mass is 35.5. The summed E-state index contributed by atoms with van der Waals surface area (Å²) in [5.74, 6) is -0.813. The molecule has 27 heavy (non-hydrogen) atoms. The van der Waals surface area contributed by atoms with Crippen LogP contribution in [0.15, 0.2) is 41.0 Å². The van der Waals surface area contributed by atoms with E-state index < -0.39 is 11.9 Å². The number of fused-ring (bicyclic) bond motifs is 1. The van der Waals surface area contributed by atoms with E-state index in [1.165, 1.54) is 6.26 Å². The van der Waals surface area contributed by atoms with Gasteiger partial charge in [0.1, 0.15) is 17.9 Å². The molecule has 1 N–H and O–H groups in total. The molecule has 6 heteroatoms. The second-order valence-corrected chi connectivity index (χ2v) is 7.29. The molecule has 0 aliphatic rings. The fraction of sp³-hybridized carbons (Fsp3) is 0.286. The van der Waals surface area contributed by atoms with Crippen molar-refractivity contribution < 1.29 is 19.1 Å². The van der Waals surface area contributed by atoms with Crippen LogP contribution in [0.4, 0.5) is 0 Å². The SMILES string of the molecule is CCCc1c(OCc2ccc(Cl)cc2Cl)ccc2c(C(C)C(=O)O)coc12. The molecule has 0 amide bonds. The van der Waals surface area contributed by atoms with Gasteiger partial charge in [-0.2, -0.15) is 0 Å². The number of aryl methyl sites for hydroxylation is 1.